The van der Waals surface area contributed by atoms with Gasteiger partial charge >= 0.3 is 6.18 Å². The van der Waals surface area contributed by atoms with Gasteiger partial charge in [0.1, 0.15) is 0 Å². The van der Waals surface area contributed by atoms with Crippen LogP contribution >= 0.6 is 0 Å². The first kappa shape index (κ1) is 17.8. The number of carbonyl (C=O) groups excluding carboxylic acids is 1. The Labute approximate surface area is 156 Å². The van der Waals surface area contributed by atoms with E-state index in [1.165, 1.54) is 18.3 Å². The SMILES string of the molecule is O=C(Nc1nn(Cc2ccc(C(F)(F)F)cc2)c2ccccc12)c1cnco1. The zero-order valence-corrected chi connectivity index (χ0v) is 14.3. The number of benzene rings is 2. The minimum atomic E-state index is -4.38. The normalized spacial score (nSPS) is 11.7. The van der Waals surface area contributed by atoms with Gasteiger partial charge in [-0.25, -0.2) is 4.98 Å². The van der Waals surface area contributed by atoms with Crippen LogP contribution in [0.25, 0.3) is 10.9 Å². The second-order valence-corrected chi connectivity index (χ2v) is 6.04. The van der Waals surface area contributed by atoms with Gasteiger partial charge in [-0.3, -0.25) is 9.48 Å². The summed E-state index contributed by atoms with van der Waals surface area (Å²) >= 11 is 0. The first-order valence-corrected chi connectivity index (χ1v) is 8.23. The van der Waals surface area contributed by atoms with E-state index in [0.717, 1.165) is 24.0 Å². The first-order valence-electron chi connectivity index (χ1n) is 8.23. The summed E-state index contributed by atoms with van der Waals surface area (Å²) in [5.74, 6) is -0.132. The van der Waals surface area contributed by atoms with Crippen LogP contribution in [0.15, 0.2) is 65.5 Å². The highest BCUT2D eigenvalue weighted by atomic mass is 19.4. The summed E-state index contributed by atoms with van der Waals surface area (Å²) in [6, 6.07) is 12.1. The average molecular weight is 386 g/mol. The van der Waals surface area contributed by atoms with Gasteiger partial charge < -0.3 is 9.73 Å². The number of carbonyl (C=O) groups is 1. The average Bonchev–Trinajstić information content (AvgIpc) is 3.31. The monoisotopic (exact) mass is 386 g/mol. The zero-order valence-electron chi connectivity index (χ0n) is 14.3. The van der Waals surface area contributed by atoms with Crippen molar-refractivity contribution in [3.63, 3.8) is 0 Å². The van der Waals surface area contributed by atoms with Crippen LogP contribution in [0.1, 0.15) is 21.7 Å². The number of para-hydroxylation sites is 1. The Bertz CT molecular complexity index is 1120. The van der Waals surface area contributed by atoms with Gasteiger partial charge in [0.15, 0.2) is 12.2 Å². The van der Waals surface area contributed by atoms with Crippen LogP contribution in [-0.2, 0) is 12.7 Å². The predicted octanol–water partition coefficient (Wildman–Crippen LogP) is 4.34. The van der Waals surface area contributed by atoms with E-state index in [0.29, 0.717) is 16.8 Å². The summed E-state index contributed by atoms with van der Waals surface area (Å²) in [5, 5.41) is 7.77. The molecule has 4 aromatic rings. The molecule has 0 aliphatic heterocycles. The lowest BCUT2D eigenvalue weighted by atomic mass is 10.1. The molecular formula is C19H13F3N4O2. The van der Waals surface area contributed by atoms with E-state index in [-0.39, 0.29) is 12.3 Å². The minimum absolute atomic E-state index is 0.0429. The lowest BCUT2D eigenvalue weighted by Gasteiger charge is -2.08. The smallest absolute Gasteiger partial charge is 0.416 e. The molecule has 1 N–H and O–H groups in total. The van der Waals surface area contributed by atoms with E-state index >= 15 is 0 Å². The Morgan fingerprint density at radius 1 is 1.11 bits per heavy atom. The van der Waals surface area contributed by atoms with Crippen LogP contribution in [0.4, 0.5) is 19.0 Å². The Morgan fingerprint density at radius 2 is 1.86 bits per heavy atom. The molecule has 0 fully saturated rings. The number of nitrogens with zero attached hydrogens (tertiary/aromatic N) is 3. The van der Waals surface area contributed by atoms with Crippen LogP contribution in [0.5, 0.6) is 0 Å². The van der Waals surface area contributed by atoms with Gasteiger partial charge in [-0.15, -0.1) is 0 Å². The van der Waals surface area contributed by atoms with Crippen LogP contribution in [0.2, 0.25) is 0 Å². The second kappa shape index (κ2) is 6.84. The molecule has 0 unspecified atom stereocenters. The molecule has 4 rings (SSSR count). The molecule has 0 aliphatic rings. The maximum Gasteiger partial charge on any atom is 0.416 e. The van der Waals surface area contributed by atoms with Crippen molar-refractivity contribution in [2.75, 3.05) is 5.32 Å². The van der Waals surface area contributed by atoms with Crippen molar-refractivity contribution in [3.05, 3.63) is 78.0 Å². The topological polar surface area (TPSA) is 73.0 Å². The fraction of sp³-hybridized carbons (Fsp3) is 0.105. The number of rotatable bonds is 4. The Hall–Kier alpha value is -3.62. The Kier molecular flexibility index (Phi) is 4.34. The molecule has 2 aromatic carbocycles. The fourth-order valence-electron chi connectivity index (χ4n) is 2.81. The number of fused-ring (bicyclic) bond motifs is 1. The van der Waals surface area contributed by atoms with E-state index in [1.807, 2.05) is 12.1 Å². The van der Waals surface area contributed by atoms with Gasteiger partial charge in [-0.1, -0.05) is 24.3 Å². The fourth-order valence-corrected chi connectivity index (χ4v) is 2.81. The Balaban J connectivity index is 1.63. The van der Waals surface area contributed by atoms with Crippen molar-refractivity contribution < 1.29 is 22.4 Å². The minimum Gasteiger partial charge on any atom is -0.438 e. The molecule has 0 saturated carbocycles. The molecule has 142 valence electrons. The van der Waals surface area contributed by atoms with Gasteiger partial charge in [0.25, 0.3) is 5.91 Å². The molecule has 2 heterocycles. The third-order valence-corrected chi connectivity index (χ3v) is 4.16. The summed E-state index contributed by atoms with van der Waals surface area (Å²) < 4.78 is 44.8. The molecule has 0 spiro atoms. The van der Waals surface area contributed by atoms with Crippen molar-refractivity contribution in [1.29, 1.82) is 0 Å². The first-order chi connectivity index (χ1) is 13.4. The molecule has 9 heteroatoms. The third kappa shape index (κ3) is 3.46. The molecule has 0 bridgehead atoms. The number of alkyl halides is 3. The third-order valence-electron chi connectivity index (χ3n) is 4.16. The van der Waals surface area contributed by atoms with Crippen molar-refractivity contribution >= 4 is 22.6 Å². The summed E-state index contributed by atoms with van der Waals surface area (Å²) in [7, 11) is 0. The number of halogens is 3. The predicted molar refractivity (Wildman–Crippen MR) is 94.7 cm³/mol. The highest BCUT2D eigenvalue weighted by Crippen LogP contribution is 2.29. The summed E-state index contributed by atoms with van der Waals surface area (Å²) in [6.45, 7) is 0.247. The van der Waals surface area contributed by atoms with Crippen LogP contribution in [0, 0.1) is 0 Å². The molecule has 6 nitrogen and oxygen atoms in total. The number of hydrogen-bond donors (Lipinski definition) is 1. The number of aromatic nitrogens is 3. The number of nitrogens with one attached hydrogen (secondary N) is 1. The molecule has 1 amide bonds. The largest absolute Gasteiger partial charge is 0.438 e. The number of amides is 1. The van der Waals surface area contributed by atoms with Crippen LogP contribution in [-0.4, -0.2) is 20.7 Å². The summed E-state index contributed by atoms with van der Waals surface area (Å²) in [4.78, 5) is 15.9. The maximum atomic E-state index is 12.7. The summed E-state index contributed by atoms with van der Waals surface area (Å²) in [5.41, 5.74) is 0.672. The molecular weight excluding hydrogens is 373 g/mol. The number of oxazole rings is 1. The second-order valence-electron chi connectivity index (χ2n) is 6.04. The lowest BCUT2D eigenvalue weighted by molar-refractivity contribution is -0.137. The molecule has 0 aliphatic carbocycles. The van der Waals surface area contributed by atoms with Crippen molar-refractivity contribution in [2.45, 2.75) is 12.7 Å². The van der Waals surface area contributed by atoms with Crippen LogP contribution in [0.3, 0.4) is 0 Å². The van der Waals surface area contributed by atoms with Crippen molar-refractivity contribution in [2.24, 2.45) is 0 Å². The molecule has 28 heavy (non-hydrogen) atoms. The van der Waals surface area contributed by atoms with E-state index < -0.39 is 17.6 Å². The van der Waals surface area contributed by atoms with E-state index in [2.05, 4.69) is 15.4 Å². The Morgan fingerprint density at radius 3 is 2.54 bits per heavy atom. The lowest BCUT2D eigenvalue weighted by Crippen LogP contribution is -2.12. The van der Waals surface area contributed by atoms with Gasteiger partial charge in [0, 0.05) is 5.39 Å². The standard InChI is InChI=1S/C19H13F3N4O2/c20-19(21,22)13-7-5-12(6-8-13)10-26-15-4-2-1-3-14(15)17(25-26)24-18(27)16-9-23-11-28-16/h1-9,11H,10H2,(H,24,25,27). The van der Waals surface area contributed by atoms with Gasteiger partial charge in [-0.05, 0) is 29.8 Å². The van der Waals surface area contributed by atoms with Gasteiger partial charge in [-0.2, -0.15) is 18.3 Å². The summed E-state index contributed by atoms with van der Waals surface area (Å²) in [6.07, 6.45) is -1.94. The molecule has 0 atom stereocenters. The van der Waals surface area contributed by atoms with Crippen molar-refractivity contribution in [1.82, 2.24) is 14.8 Å². The quantitative estimate of drug-likeness (QED) is 0.566. The van der Waals surface area contributed by atoms with Crippen LogP contribution < -0.4 is 5.32 Å². The van der Waals surface area contributed by atoms with Gasteiger partial charge in [0.05, 0.1) is 23.8 Å². The molecule has 0 radical (unpaired) electrons. The van der Waals surface area contributed by atoms with Crippen molar-refractivity contribution in [3.8, 4) is 0 Å². The number of anilines is 1. The highest BCUT2D eigenvalue weighted by Gasteiger charge is 2.30. The van der Waals surface area contributed by atoms with E-state index in [9.17, 15) is 18.0 Å². The highest BCUT2D eigenvalue weighted by molar-refractivity contribution is 6.06. The molecule has 2 aromatic heterocycles. The maximum absolute atomic E-state index is 12.7. The van der Waals surface area contributed by atoms with Gasteiger partial charge in [0.2, 0.25) is 5.76 Å². The van der Waals surface area contributed by atoms with E-state index in [4.69, 9.17) is 4.42 Å². The number of hydrogen-bond acceptors (Lipinski definition) is 4. The molecule has 0 saturated heterocycles. The van der Waals surface area contributed by atoms with E-state index in [1.54, 1.807) is 16.8 Å². The zero-order chi connectivity index (χ0) is 19.7.